The van der Waals surface area contributed by atoms with Crippen LogP contribution in [0.1, 0.15) is 25.4 Å². The van der Waals surface area contributed by atoms with E-state index >= 15 is 0 Å². The Balaban J connectivity index is 1.81. The number of ether oxygens (including phenoxy) is 1. The molecule has 0 spiro atoms. The number of nitrogens with one attached hydrogen (secondary N) is 1. The predicted octanol–water partition coefficient (Wildman–Crippen LogP) is 1.53. The fourth-order valence-corrected chi connectivity index (χ4v) is 1.68. The summed E-state index contributed by atoms with van der Waals surface area (Å²) in [5, 5.41) is 11.1. The first-order valence-corrected chi connectivity index (χ1v) is 6.76. The van der Waals surface area contributed by atoms with Gasteiger partial charge in [0.15, 0.2) is 5.82 Å². The van der Waals surface area contributed by atoms with Crippen molar-refractivity contribution in [1.29, 1.82) is 0 Å². The minimum Gasteiger partial charge on any atom is -0.484 e. The molecule has 0 bridgehead atoms. The molecule has 0 aliphatic carbocycles. The van der Waals surface area contributed by atoms with Gasteiger partial charge in [0.25, 0.3) is 0 Å². The number of hydrogen-bond donors (Lipinski definition) is 1. The van der Waals surface area contributed by atoms with Gasteiger partial charge in [0.1, 0.15) is 18.7 Å². The van der Waals surface area contributed by atoms with Crippen molar-refractivity contribution < 1.29 is 4.74 Å². The summed E-state index contributed by atoms with van der Waals surface area (Å²) in [5.74, 6) is 2.16. The minimum atomic E-state index is 0.392. The number of hydrogen-bond acceptors (Lipinski definition) is 5. The van der Waals surface area contributed by atoms with Crippen molar-refractivity contribution >= 4 is 0 Å². The molecule has 2 aromatic heterocycles. The molecule has 2 aromatic rings. The van der Waals surface area contributed by atoms with Gasteiger partial charge in [-0.25, -0.2) is 0 Å². The van der Waals surface area contributed by atoms with Crippen molar-refractivity contribution in [3.63, 3.8) is 0 Å². The number of aryl methyl sites for hydroxylation is 1. The SMILES string of the molecule is CC(C)CNCc1ccc(OCc2nncn2C)cn1. The Hall–Kier alpha value is -1.95. The molecule has 1 N–H and O–H groups in total. The third-order valence-electron chi connectivity index (χ3n) is 2.83. The molecule has 6 nitrogen and oxygen atoms in total. The van der Waals surface area contributed by atoms with Crippen molar-refractivity contribution in [3.8, 4) is 5.75 Å². The van der Waals surface area contributed by atoms with E-state index in [2.05, 4.69) is 34.3 Å². The van der Waals surface area contributed by atoms with Crippen LogP contribution in [0.25, 0.3) is 0 Å². The maximum absolute atomic E-state index is 5.62. The standard InChI is InChI=1S/C14H21N5O/c1-11(2)6-15-7-12-4-5-13(8-16-12)20-9-14-18-17-10-19(14)3/h4-5,8,10-11,15H,6-7,9H2,1-3H3. The summed E-state index contributed by atoms with van der Waals surface area (Å²) in [5.41, 5.74) is 1.01. The molecule has 6 heteroatoms. The summed E-state index contributed by atoms with van der Waals surface area (Å²) in [4.78, 5) is 4.37. The van der Waals surface area contributed by atoms with E-state index in [1.165, 1.54) is 0 Å². The molecule has 2 heterocycles. The maximum atomic E-state index is 5.62. The Bertz CT molecular complexity index is 521. The van der Waals surface area contributed by atoms with E-state index in [1.54, 1.807) is 12.5 Å². The second kappa shape index (κ2) is 7.00. The molecular formula is C14H21N5O. The number of aromatic nitrogens is 4. The molecule has 2 rings (SSSR count). The summed E-state index contributed by atoms with van der Waals surface area (Å²) >= 11 is 0. The molecule has 0 aromatic carbocycles. The Kier molecular flexibility index (Phi) is 5.06. The molecular weight excluding hydrogens is 254 g/mol. The molecule has 0 unspecified atom stereocenters. The van der Waals surface area contributed by atoms with E-state index in [0.29, 0.717) is 12.5 Å². The van der Waals surface area contributed by atoms with Crippen molar-refractivity contribution in [2.45, 2.75) is 27.0 Å². The first-order chi connectivity index (χ1) is 9.65. The summed E-state index contributed by atoms with van der Waals surface area (Å²) in [6, 6.07) is 3.90. The van der Waals surface area contributed by atoms with Gasteiger partial charge < -0.3 is 14.6 Å². The third-order valence-corrected chi connectivity index (χ3v) is 2.83. The van der Waals surface area contributed by atoms with Crippen molar-refractivity contribution in [3.05, 3.63) is 36.2 Å². The van der Waals surface area contributed by atoms with Crippen molar-refractivity contribution in [2.75, 3.05) is 6.54 Å². The van der Waals surface area contributed by atoms with Crippen LogP contribution in [-0.4, -0.2) is 26.3 Å². The van der Waals surface area contributed by atoms with E-state index < -0.39 is 0 Å². The number of nitrogens with zero attached hydrogens (tertiary/aromatic N) is 4. The van der Waals surface area contributed by atoms with E-state index in [1.807, 2.05) is 23.7 Å². The zero-order valence-electron chi connectivity index (χ0n) is 12.2. The highest BCUT2D eigenvalue weighted by Crippen LogP contribution is 2.11. The second-order valence-corrected chi connectivity index (χ2v) is 5.16. The summed E-state index contributed by atoms with van der Waals surface area (Å²) in [6.45, 7) is 6.53. The topological polar surface area (TPSA) is 64.9 Å². The Labute approximate surface area is 119 Å². The van der Waals surface area contributed by atoms with Crippen LogP contribution in [0.15, 0.2) is 24.7 Å². The van der Waals surface area contributed by atoms with Gasteiger partial charge in [-0.3, -0.25) is 4.98 Å². The zero-order chi connectivity index (χ0) is 14.4. The van der Waals surface area contributed by atoms with Crippen LogP contribution in [0.5, 0.6) is 5.75 Å². The highest BCUT2D eigenvalue weighted by Gasteiger charge is 2.02. The van der Waals surface area contributed by atoms with E-state index in [-0.39, 0.29) is 0 Å². The predicted molar refractivity (Wildman–Crippen MR) is 76.1 cm³/mol. The van der Waals surface area contributed by atoms with Gasteiger partial charge >= 0.3 is 0 Å². The van der Waals surface area contributed by atoms with E-state index in [0.717, 1.165) is 30.4 Å². The van der Waals surface area contributed by atoms with Crippen molar-refractivity contribution in [2.24, 2.45) is 13.0 Å². The Morgan fingerprint density at radius 3 is 2.80 bits per heavy atom. The fourth-order valence-electron chi connectivity index (χ4n) is 1.68. The van der Waals surface area contributed by atoms with Gasteiger partial charge in [-0.1, -0.05) is 13.8 Å². The highest BCUT2D eigenvalue weighted by molar-refractivity contribution is 5.19. The van der Waals surface area contributed by atoms with Gasteiger partial charge in [0.2, 0.25) is 0 Å². The molecule has 0 atom stereocenters. The molecule has 108 valence electrons. The molecule has 0 saturated heterocycles. The summed E-state index contributed by atoms with van der Waals surface area (Å²) in [6.07, 6.45) is 3.39. The van der Waals surface area contributed by atoms with Gasteiger partial charge in [-0.05, 0) is 24.6 Å². The molecule has 0 aliphatic rings. The number of pyridine rings is 1. The molecule has 0 saturated carbocycles. The highest BCUT2D eigenvalue weighted by atomic mass is 16.5. The van der Waals surface area contributed by atoms with Gasteiger partial charge in [-0.15, -0.1) is 10.2 Å². The molecule has 0 radical (unpaired) electrons. The van der Waals surface area contributed by atoms with E-state index in [9.17, 15) is 0 Å². The van der Waals surface area contributed by atoms with Crippen LogP contribution in [0.2, 0.25) is 0 Å². The van der Waals surface area contributed by atoms with Crippen LogP contribution in [0, 0.1) is 5.92 Å². The normalized spacial score (nSPS) is 11.0. The van der Waals surface area contributed by atoms with Crippen LogP contribution in [-0.2, 0) is 20.2 Å². The minimum absolute atomic E-state index is 0.392. The molecule has 0 aliphatic heterocycles. The van der Waals surface area contributed by atoms with Crippen molar-refractivity contribution in [1.82, 2.24) is 25.1 Å². The average Bonchev–Trinajstić information content (AvgIpc) is 2.83. The van der Waals surface area contributed by atoms with Gasteiger partial charge in [0.05, 0.1) is 11.9 Å². The Morgan fingerprint density at radius 2 is 2.20 bits per heavy atom. The molecule has 0 amide bonds. The van der Waals surface area contributed by atoms with E-state index in [4.69, 9.17) is 4.74 Å². The van der Waals surface area contributed by atoms with Gasteiger partial charge in [0, 0.05) is 13.6 Å². The van der Waals surface area contributed by atoms with Crippen LogP contribution >= 0.6 is 0 Å². The third kappa shape index (κ3) is 4.31. The fraction of sp³-hybridized carbons (Fsp3) is 0.500. The van der Waals surface area contributed by atoms with Crippen LogP contribution in [0.4, 0.5) is 0 Å². The lowest BCUT2D eigenvalue weighted by atomic mass is 10.2. The lowest BCUT2D eigenvalue weighted by Gasteiger charge is -2.08. The quantitative estimate of drug-likeness (QED) is 0.830. The smallest absolute Gasteiger partial charge is 0.170 e. The lowest BCUT2D eigenvalue weighted by Crippen LogP contribution is -2.19. The van der Waals surface area contributed by atoms with Crippen LogP contribution in [0.3, 0.4) is 0 Å². The first kappa shape index (κ1) is 14.5. The summed E-state index contributed by atoms with van der Waals surface area (Å²) < 4.78 is 7.45. The second-order valence-electron chi connectivity index (χ2n) is 5.16. The Morgan fingerprint density at radius 1 is 1.35 bits per heavy atom. The molecule has 20 heavy (non-hydrogen) atoms. The first-order valence-electron chi connectivity index (χ1n) is 6.76. The zero-order valence-corrected chi connectivity index (χ0v) is 12.2. The lowest BCUT2D eigenvalue weighted by molar-refractivity contribution is 0.290. The van der Waals surface area contributed by atoms with Crippen LogP contribution < -0.4 is 10.1 Å². The maximum Gasteiger partial charge on any atom is 0.170 e. The largest absolute Gasteiger partial charge is 0.484 e. The summed E-state index contributed by atoms with van der Waals surface area (Å²) in [7, 11) is 1.89. The molecule has 0 fully saturated rings. The van der Waals surface area contributed by atoms with Gasteiger partial charge in [-0.2, -0.15) is 0 Å². The average molecular weight is 275 g/mol. The number of rotatable bonds is 7. The monoisotopic (exact) mass is 275 g/mol.